The third-order valence-electron chi connectivity index (χ3n) is 3.90. The van der Waals surface area contributed by atoms with Crippen LogP contribution < -0.4 is 0 Å². The van der Waals surface area contributed by atoms with Crippen molar-refractivity contribution >= 4 is 29.4 Å². The van der Waals surface area contributed by atoms with Crippen molar-refractivity contribution in [3.8, 4) is 0 Å². The van der Waals surface area contributed by atoms with E-state index < -0.39 is 12.0 Å². The van der Waals surface area contributed by atoms with E-state index in [0.717, 1.165) is 0 Å². The normalized spacial score (nSPS) is 18.1. The van der Waals surface area contributed by atoms with Crippen molar-refractivity contribution in [2.75, 3.05) is 26.0 Å². The molecule has 1 fully saturated rings. The van der Waals surface area contributed by atoms with Crippen LogP contribution in [0.2, 0.25) is 0 Å². The van der Waals surface area contributed by atoms with Crippen molar-refractivity contribution in [3.05, 3.63) is 0 Å². The second-order valence-electron chi connectivity index (χ2n) is 5.25. The van der Waals surface area contributed by atoms with Gasteiger partial charge >= 0.3 is 5.97 Å². The van der Waals surface area contributed by atoms with Gasteiger partial charge in [-0.15, -0.1) is 11.6 Å². The van der Waals surface area contributed by atoms with Gasteiger partial charge in [0.05, 0.1) is 5.92 Å². The number of rotatable bonds is 6. The highest BCUT2D eigenvalue weighted by atomic mass is 35.5. The molecule has 0 aliphatic carbocycles. The quantitative estimate of drug-likeness (QED) is 0.731. The average Bonchev–Trinajstić information content (AvgIpc) is 2.35. The first-order valence-corrected chi connectivity index (χ1v) is 7.20. The first kappa shape index (κ1) is 16.8. The summed E-state index contributed by atoms with van der Waals surface area (Å²) in [5.41, 5.74) is 0. The van der Waals surface area contributed by atoms with Crippen LogP contribution in [0.3, 0.4) is 0 Å². The van der Waals surface area contributed by atoms with Crippen molar-refractivity contribution in [1.82, 2.24) is 9.80 Å². The smallest absolute Gasteiger partial charge is 0.326 e. The van der Waals surface area contributed by atoms with Crippen molar-refractivity contribution in [1.29, 1.82) is 0 Å². The molecule has 2 atom stereocenters. The molecule has 0 aromatic carbocycles. The lowest BCUT2D eigenvalue weighted by molar-refractivity contribution is -0.157. The summed E-state index contributed by atoms with van der Waals surface area (Å²) in [7, 11) is 1.51. The molecule has 0 bridgehead atoms. The molecule has 1 N–H and O–H groups in total. The van der Waals surface area contributed by atoms with Gasteiger partial charge in [0, 0.05) is 20.1 Å². The number of halogens is 1. The second-order valence-corrected chi connectivity index (χ2v) is 5.51. The largest absolute Gasteiger partial charge is 0.480 e. The van der Waals surface area contributed by atoms with Crippen LogP contribution in [-0.2, 0) is 14.4 Å². The number of aliphatic carboxylic acids is 1. The Hall–Kier alpha value is -1.30. The van der Waals surface area contributed by atoms with E-state index in [0.29, 0.717) is 19.5 Å². The Morgan fingerprint density at radius 3 is 2.35 bits per heavy atom. The molecule has 20 heavy (non-hydrogen) atoms. The molecule has 0 spiro atoms. The lowest BCUT2D eigenvalue weighted by Gasteiger charge is -2.41. The number of carbonyl (C=O) groups excluding carboxylic acids is 2. The van der Waals surface area contributed by atoms with Crippen LogP contribution in [0.1, 0.15) is 20.3 Å². The molecule has 1 rings (SSSR count). The fraction of sp³-hybridized carbons (Fsp3) is 0.769. The average molecular weight is 305 g/mol. The summed E-state index contributed by atoms with van der Waals surface area (Å²) < 4.78 is 0. The lowest BCUT2D eigenvalue weighted by atomic mass is 9.94. The third kappa shape index (κ3) is 3.42. The number of carbonyl (C=O) groups is 3. The van der Waals surface area contributed by atoms with Gasteiger partial charge in [-0.3, -0.25) is 9.59 Å². The number of nitrogens with zero attached hydrogens (tertiary/aromatic N) is 2. The standard InChI is InChI=1S/C13H21ClN2O4/c1-4-8(2)11(13(19)20)15(3)12(18)9-6-16(7-9)10(17)5-14/h8-9,11H,4-7H2,1-3H3,(H,19,20)/t8-,11?/m0/s1. The van der Waals surface area contributed by atoms with E-state index in [9.17, 15) is 19.5 Å². The van der Waals surface area contributed by atoms with E-state index in [4.69, 9.17) is 11.6 Å². The summed E-state index contributed by atoms with van der Waals surface area (Å²) in [6.45, 7) is 4.35. The molecule has 1 unspecified atom stereocenters. The zero-order chi connectivity index (χ0) is 15.4. The molecule has 114 valence electrons. The Morgan fingerprint density at radius 1 is 1.40 bits per heavy atom. The highest BCUT2D eigenvalue weighted by Crippen LogP contribution is 2.22. The number of amides is 2. The maximum absolute atomic E-state index is 12.2. The number of likely N-dealkylation sites (N-methyl/N-ethyl adjacent to an activating group) is 1. The minimum Gasteiger partial charge on any atom is -0.480 e. The van der Waals surface area contributed by atoms with Crippen LogP contribution in [0, 0.1) is 11.8 Å². The molecule has 1 heterocycles. The van der Waals surface area contributed by atoms with E-state index in [2.05, 4.69) is 0 Å². The van der Waals surface area contributed by atoms with Gasteiger partial charge in [0.1, 0.15) is 11.9 Å². The summed E-state index contributed by atoms with van der Waals surface area (Å²) in [6, 6.07) is -0.828. The monoisotopic (exact) mass is 304 g/mol. The molecule has 1 aliphatic rings. The zero-order valence-electron chi connectivity index (χ0n) is 12.0. The van der Waals surface area contributed by atoms with Crippen molar-refractivity contribution in [2.45, 2.75) is 26.3 Å². The number of likely N-dealkylation sites (tertiary alicyclic amines) is 1. The molecule has 0 saturated carbocycles. The topological polar surface area (TPSA) is 77.9 Å². The fourth-order valence-electron chi connectivity index (χ4n) is 2.36. The Morgan fingerprint density at radius 2 is 1.95 bits per heavy atom. The van der Waals surface area contributed by atoms with Gasteiger partial charge in [-0.2, -0.15) is 0 Å². The maximum atomic E-state index is 12.2. The van der Waals surface area contributed by atoms with E-state index >= 15 is 0 Å². The number of hydrogen-bond donors (Lipinski definition) is 1. The Balaban J connectivity index is 2.63. The summed E-state index contributed by atoms with van der Waals surface area (Å²) >= 11 is 5.44. The number of carboxylic acids is 1. The highest BCUT2D eigenvalue weighted by molar-refractivity contribution is 6.27. The summed E-state index contributed by atoms with van der Waals surface area (Å²) in [5, 5.41) is 9.27. The summed E-state index contributed by atoms with van der Waals surface area (Å²) in [6.07, 6.45) is 0.677. The SMILES string of the molecule is CC[C@H](C)C(C(=O)O)N(C)C(=O)C1CN(C(=O)CCl)C1. The fourth-order valence-corrected chi connectivity index (χ4v) is 2.53. The van der Waals surface area contributed by atoms with Crippen LogP contribution in [-0.4, -0.2) is 64.7 Å². The molecule has 0 aromatic heterocycles. The van der Waals surface area contributed by atoms with Crippen molar-refractivity contribution in [2.24, 2.45) is 11.8 Å². The minimum atomic E-state index is -0.997. The molecular weight excluding hydrogens is 284 g/mol. The summed E-state index contributed by atoms with van der Waals surface area (Å²) in [4.78, 5) is 37.7. The van der Waals surface area contributed by atoms with E-state index in [1.54, 1.807) is 0 Å². The molecule has 1 saturated heterocycles. The van der Waals surface area contributed by atoms with Gasteiger partial charge in [0.15, 0.2) is 0 Å². The number of carboxylic acid groups (broad SMARTS) is 1. The van der Waals surface area contributed by atoms with E-state index in [-0.39, 0.29) is 29.5 Å². The van der Waals surface area contributed by atoms with Gasteiger partial charge in [0.25, 0.3) is 0 Å². The molecule has 1 aliphatic heterocycles. The Bertz CT molecular complexity index is 396. The van der Waals surface area contributed by atoms with Crippen molar-refractivity contribution in [3.63, 3.8) is 0 Å². The van der Waals surface area contributed by atoms with Gasteiger partial charge in [-0.05, 0) is 5.92 Å². The van der Waals surface area contributed by atoms with Crippen LogP contribution >= 0.6 is 11.6 Å². The van der Waals surface area contributed by atoms with Crippen LogP contribution in [0.15, 0.2) is 0 Å². The molecule has 0 radical (unpaired) electrons. The summed E-state index contributed by atoms with van der Waals surface area (Å²) in [5.74, 6) is -1.96. The minimum absolute atomic E-state index is 0.0959. The predicted molar refractivity (Wildman–Crippen MR) is 74.4 cm³/mol. The molecular formula is C13H21ClN2O4. The van der Waals surface area contributed by atoms with Gasteiger partial charge in [-0.25, -0.2) is 4.79 Å². The van der Waals surface area contributed by atoms with Crippen LogP contribution in [0.25, 0.3) is 0 Å². The highest BCUT2D eigenvalue weighted by Gasteiger charge is 2.40. The van der Waals surface area contributed by atoms with E-state index in [1.165, 1.54) is 16.8 Å². The Labute approximate surface area is 123 Å². The van der Waals surface area contributed by atoms with Crippen molar-refractivity contribution < 1.29 is 19.5 Å². The molecule has 7 heteroatoms. The first-order valence-electron chi connectivity index (χ1n) is 6.66. The number of hydrogen-bond acceptors (Lipinski definition) is 3. The van der Waals surface area contributed by atoms with Gasteiger partial charge in [0.2, 0.25) is 11.8 Å². The third-order valence-corrected chi connectivity index (χ3v) is 4.13. The van der Waals surface area contributed by atoms with Gasteiger partial charge in [-0.1, -0.05) is 20.3 Å². The molecule has 0 aromatic rings. The number of alkyl halides is 1. The molecule has 2 amide bonds. The first-order chi connectivity index (χ1) is 9.33. The van der Waals surface area contributed by atoms with Gasteiger partial charge < -0.3 is 14.9 Å². The maximum Gasteiger partial charge on any atom is 0.326 e. The van der Waals surface area contributed by atoms with Crippen LogP contribution in [0.5, 0.6) is 0 Å². The Kier molecular flexibility index (Phi) is 5.80. The zero-order valence-corrected chi connectivity index (χ0v) is 12.8. The van der Waals surface area contributed by atoms with E-state index in [1.807, 2.05) is 13.8 Å². The molecule has 6 nitrogen and oxygen atoms in total. The predicted octanol–water partition coefficient (Wildman–Crippen LogP) is 0.641. The van der Waals surface area contributed by atoms with Crippen LogP contribution in [0.4, 0.5) is 0 Å². The second kappa shape index (κ2) is 6.92. The lowest BCUT2D eigenvalue weighted by Crippen LogP contribution is -2.59.